The topological polar surface area (TPSA) is 34.1 Å². The molecule has 1 aliphatic rings. The summed E-state index contributed by atoms with van der Waals surface area (Å²) in [6, 6.07) is 0.638. The minimum absolute atomic E-state index is 0.464. The van der Waals surface area contributed by atoms with E-state index in [2.05, 4.69) is 10.3 Å². The number of aromatic nitrogens is 1. The third-order valence-electron chi connectivity index (χ3n) is 3.21. The first-order chi connectivity index (χ1) is 7.88. The molecular formula is C12H20N2OS. The fourth-order valence-electron chi connectivity index (χ4n) is 2.30. The monoisotopic (exact) mass is 240 g/mol. The molecule has 1 fully saturated rings. The van der Waals surface area contributed by atoms with Crippen molar-refractivity contribution in [2.45, 2.75) is 44.2 Å². The van der Waals surface area contributed by atoms with E-state index in [1.807, 2.05) is 18.7 Å². The van der Waals surface area contributed by atoms with Crippen LogP contribution in [-0.2, 0) is 11.2 Å². The van der Waals surface area contributed by atoms with Crippen LogP contribution in [0.5, 0.6) is 0 Å². The van der Waals surface area contributed by atoms with Crippen molar-refractivity contribution in [1.82, 2.24) is 10.3 Å². The Hall–Kier alpha value is -0.450. The molecule has 0 bridgehead atoms. The van der Waals surface area contributed by atoms with E-state index in [-0.39, 0.29) is 0 Å². The summed E-state index contributed by atoms with van der Waals surface area (Å²) >= 11 is 1.74. The first-order valence-electron chi connectivity index (χ1n) is 6.03. The van der Waals surface area contributed by atoms with E-state index < -0.39 is 0 Å². The molecule has 16 heavy (non-hydrogen) atoms. The van der Waals surface area contributed by atoms with Gasteiger partial charge in [-0.1, -0.05) is 0 Å². The molecular weight excluding hydrogens is 220 g/mol. The lowest BCUT2D eigenvalue weighted by Crippen LogP contribution is -2.37. The Bertz CT molecular complexity index is 289. The zero-order valence-corrected chi connectivity index (χ0v) is 10.6. The highest BCUT2D eigenvalue weighted by Crippen LogP contribution is 2.20. The lowest BCUT2D eigenvalue weighted by atomic mass is 9.93. The molecule has 1 N–H and O–H groups in total. The van der Waals surface area contributed by atoms with Gasteiger partial charge in [0, 0.05) is 37.7 Å². The molecule has 1 aromatic rings. The van der Waals surface area contributed by atoms with Crippen LogP contribution >= 0.6 is 11.3 Å². The van der Waals surface area contributed by atoms with Gasteiger partial charge >= 0.3 is 0 Å². The van der Waals surface area contributed by atoms with Gasteiger partial charge in [0.1, 0.15) is 0 Å². The predicted octanol–water partition coefficient (Wildman–Crippen LogP) is 2.23. The molecule has 2 atom stereocenters. The van der Waals surface area contributed by atoms with E-state index >= 15 is 0 Å². The molecule has 3 nitrogen and oxygen atoms in total. The minimum atomic E-state index is 0.464. The molecule has 2 rings (SSSR count). The molecule has 1 saturated carbocycles. The first kappa shape index (κ1) is 12.0. The molecule has 1 aliphatic carbocycles. The Morgan fingerprint density at radius 1 is 1.56 bits per heavy atom. The van der Waals surface area contributed by atoms with Crippen LogP contribution in [0.4, 0.5) is 0 Å². The molecule has 0 spiro atoms. The number of methoxy groups -OCH3 is 1. The lowest BCUT2D eigenvalue weighted by molar-refractivity contribution is 0.0590. The quantitative estimate of drug-likeness (QED) is 0.857. The molecule has 2 unspecified atom stereocenters. The maximum absolute atomic E-state index is 5.42. The second-order valence-electron chi connectivity index (χ2n) is 4.35. The van der Waals surface area contributed by atoms with E-state index in [1.165, 1.54) is 24.3 Å². The average Bonchev–Trinajstić information content (AvgIpc) is 2.82. The summed E-state index contributed by atoms with van der Waals surface area (Å²) in [5.74, 6) is 0. The van der Waals surface area contributed by atoms with Crippen LogP contribution in [0.3, 0.4) is 0 Å². The number of nitrogens with one attached hydrogen (secondary N) is 1. The van der Waals surface area contributed by atoms with Crippen molar-refractivity contribution in [3.63, 3.8) is 0 Å². The maximum Gasteiger partial charge on any atom is 0.0937 e. The van der Waals surface area contributed by atoms with Gasteiger partial charge in [0.25, 0.3) is 0 Å². The van der Waals surface area contributed by atoms with Gasteiger partial charge in [-0.15, -0.1) is 11.3 Å². The number of hydrogen-bond acceptors (Lipinski definition) is 4. The van der Waals surface area contributed by atoms with Gasteiger partial charge in [-0.05, 0) is 25.7 Å². The van der Waals surface area contributed by atoms with Gasteiger partial charge in [-0.3, -0.25) is 0 Å². The zero-order valence-electron chi connectivity index (χ0n) is 9.82. The largest absolute Gasteiger partial charge is 0.381 e. The molecule has 0 radical (unpaired) electrons. The Balaban J connectivity index is 1.65. The van der Waals surface area contributed by atoms with Gasteiger partial charge in [0.05, 0.1) is 11.1 Å². The van der Waals surface area contributed by atoms with E-state index in [0.717, 1.165) is 19.4 Å². The summed E-state index contributed by atoms with van der Waals surface area (Å²) in [4.78, 5) is 4.28. The summed E-state index contributed by atoms with van der Waals surface area (Å²) in [6.07, 6.45) is 8.35. The minimum Gasteiger partial charge on any atom is -0.381 e. The highest BCUT2D eigenvalue weighted by Gasteiger charge is 2.20. The van der Waals surface area contributed by atoms with Crippen molar-refractivity contribution in [2.24, 2.45) is 0 Å². The van der Waals surface area contributed by atoms with E-state index in [9.17, 15) is 0 Å². The van der Waals surface area contributed by atoms with Gasteiger partial charge in [0.2, 0.25) is 0 Å². The maximum atomic E-state index is 5.42. The van der Waals surface area contributed by atoms with Crippen LogP contribution in [0, 0.1) is 0 Å². The number of thiazole rings is 1. The normalized spacial score (nSPS) is 25.8. The van der Waals surface area contributed by atoms with Gasteiger partial charge in [-0.2, -0.15) is 0 Å². The molecule has 0 aromatic carbocycles. The van der Waals surface area contributed by atoms with Crippen molar-refractivity contribution < 1.29 is 4.74 Å². The van der Waals surface area contributed by atoms with Crippen molar-refractivity contribution in [1.29, 1.82) is 0 Å². The Morgan fingerprint density at radius 3 is 3.25 bits per heavy atom. The first-order valence-corrected chi connectivity index (χ1v) is 6.91. The van der Waals surface area contributed by atoms with Crippen molar-refractivity contribution in [3.8, 4) is 0 Å². The lowest BCUT2D eigenvalue weighted by Gasteiger charge is -2.28. The van der Waals surface area contributed by atoms with Crippen molar-refractivity contribution in [2.75, 3.05) is 13.7 Å². The smallest absolute Gasteiger partial charge is 0.0937 e. The fourth-order valence-corrected chi connectivity index (χ4v) is 2.92. The van der Waals surface area contributed by atoms with E-state index in [0.29, 0.717) is 12.1 Å². The summed E-state index contributed by atoms with van der Waals surface area (Å²) in [6.45, 7) is 1.04. The number of nitrogens with zero attached hydrogens (tertiary/aromatic N) is 1. The summed E-state index contributed by atoms with van der Waals surface area (Å²) < 4.78 is 5.42. The van der Waals surface area contributed by atoms with Crippen LogP contribution < -0.4 is 5.32 Å². The highest BCUT2D eigenvalue weighted by atomic mass is 32.1. The second kappa shape index (κ2) is 6.33. The molecule has 90 valence electrons. The molecule has 4 heteroatoms. The van der Waals surface area contributed by atoms with Crippen molar-refractivity contribution >= 4 is 11.3 Å². The van der Waals surface area contributed by atoms with Crippen molar-refractivity contribution in [3.05, 3.63) is 16.6 Å². The van der Waals surface area contributed by atoms with E-state index in [1.54, 1.807) is 11.3 Å². The Labute approximate surface area is 101 Å². The van der Waals surface area contributed by atoms with Crippen LogP contribution in [0.1, 0.15) is 30.7 Å². The third kappa shape index (κ3) is 3.54. The molecule has 1 aromatic heterocycles. The second-order valence-corrected chi connectivity index (χ2v) is 5.33. The molecule has 0 saturated heterocycles. The standard InChI is InChI=1S/C12H20N2OS/c1-15-11-4-2-3-10(9-11)13-6-5-12-14-7-8-16-12/h7-8,10-11,13H,2-6,9H2,1H3. The average molecular weight is 240 g/mol. The van der Waals surface area contributed by atoms with Gasteiger partial charge in [-0.25, -0.2) is 4.98 Å². The number of hydrogen-bond donors (Lipinski definition) is 1. The predicted molar refractivity (Wildman–Crippen MR) is 66.9 cm³/mol. The zero-order chi connectivity index (χ0) is 11.2. The van der Waals surface area contributed by atoms with Gasteiger partial charge < -0.3 is 10.1 Å². The summed E-state index contributed by atoms with van der Waals surface area (Å²) in [5.41, 5.74) is 0. The third-order valence-corrected chi connectivity index (χ3v) is 4.05. The van der Waals surface area contributed by atoms with Crippen LogP contribution in [-0.4, -0.2) is 30.8 Å². The molecule has 1 heterocycles. The summed E-state index contributed by atoms with van der Waals surface area (Å²) in [5, 5.41) is 6.88. The molecule has 0 aliphatic heterocycles. The fraction of sp³-hybridized carbons (Fsp3) is 0.750. The number of ether oxygens (including phenoxy) is 1. The number of rotatable bonds is 5. The van der Waals surface area contributed by atoms with Crippen LogP contribution in [0.25, 0.3) is 0 Å². The SMILES string of the molecule is COC1CCCC(NCCc2nccs2)C1. The highest BCUT2D eigenvalue weighted by molar-refractivity contribution is 7.09. The van der Waals surface area contributed by atoms with E-state index in [4.69, 9.17) is 4.74 Å². The van der Waals surface area contributed by atoms with Crippen LogP contribution in [0.15, 0.2) is 11.6 Å². The van der Waals surface area contributed by atoms with Crippen LogP contribution in [0.2, 0.25) is 0 Å². The molecule has 0 amide bonds. The van der Waals surface area contributed by atoms with Gasteiger partial charge in [0.15, 0.2) is 0 Å². The Morgan fingerprint density at radius 2 is 2.50 bits per heavy atom. The Kier molecular flexibility index (Phi) is 4.75. The summed E-state index contributed by atoms with van der Waals surface area (Å²) in [7, 11) is 1.82.